The standard InChI is InChI=1S/C9H11N3O/c1-2-4-7-5-3-6-8-10-11-9(13)12(7)8/h3,5-6H,2,4H2,1H3,(H,11,13). The monoisotopic (exact) mass is 177 g/mol. The lowest BCUT2D eigenvalue weighted by Crippen LogP contribution is -2.13. The van der Waals surface area contributed by atoms with Crippen LogP contribution in [0.3, 0.4) is 0 Å². The molecule has 0 bridgehead atoms. The first-order chi connectivity index (χ1) is 6.33. The number of hydrogen-bond acceptors (Lipinski definition) is 2. The van der Waals surface area contributed by atoms with Crippen LogP contribution in [0.25, 0.3) is 5.65 Å². The maximum Gasteiger partial charge on any atom is 0.347 e. The zero-order chi connectivity index (χ0) is 9.26. The van der Waals surface area contributed by atoms with E-state index in [2.05, 4.69) is 17.1 Å². The first-order valence-corrected chi connectivity index (χ1v) is 4.38. The Balaban J connectivity index is 2.73. The second-order valence-corrected chi connectivity index (χ2v) is 2.99. The summed E-state index contributed by atoms with van der Waals surface area (Å²) in [6, 6.07) is 5.69. The van der Waals surface area contributed by atoms with Crippen molar-refractivity contribution in [2.24, 2.45) is 0 Å². The molecule has 0 spiro atoms. The highest BCUT2D eigenvalue weighted by molar-refractivity contribution is 5.37. The fraction of sp³-hybridized carbons (Fsp3) is 0.333. The van der Waals surface area contributed by atoms with Crippen molar-refractivity contribution < 1.29 is 0 Å². The zero-order valence-electron chi connectivity index (χ0n) is 7.45. The molecule has 0 unspecified atom stereocenters. The van der Waals surface area contributed by atoms with Crippen LogP contribution in [-0.4, -0.2) is 14.6 Å². The molecule has 1 N–H and O–H groups in total. The van der Waals surface area contributed by atoms with E-state index in [1.807, 2.05) is 18.2 Å². The van der Waals surface area contributed by atoms with Crippen LogP contribution in [0.2, 0.25) is 0 Å². The van der Waals surface area contributed by atoms with Crippen LogP contribution in [0.15, 0.2) is 23.0 Å². The number of fused-ring (bicyclic) bond motifs is 1. The predicted octanol–water partition coefficient (Wildman–Crippen LogP) is 0.975. The number of nitrogens with zero attached hydrogens (tertiary/aromatic N) is 2. The van der Waals surface area contributed by atoms with Gasteiger partial charge in [-0.25, -0.2) is 14.3 Å². The van der Waals surface area contributed by atoms with Crippen molar-refractivity contribution in [1.29, 1.82) is 0 Å². The summed E-state index contributed by atoms with van der Waals surface area (Å²) in [7, 11) is 0. The molecule has 0 fully saturated rings. The first-order valence-electron chi connectivity index (χ1n) is 4.38. The molecule has 2 aromatic rings. The van der Waals surface area contributed by atoms with E-state index in [0.717, 1.165) is 18.5 Å². The summed E-state index contributed by atoms with van der Waals surface area (Å²) in [5.74, 6) is 0. The molecule has 0 saturated heterocycles. The lowest BCUT2D eigenvalue weighted by Gasteiger charge is -2.00. The molecule has 13 heavy (non-hydrogen) atoms. The third kappa shape index (κ3) is 1.24. The number of aromatic nitrogens is 3. The van der Waals surface area contributed by atoms with Gasteiger partial charge in [0.1, 0.15) is 0 Å². The fourth-order valence-corrected chi connectivity index (χ4v) is 1.47. The number of pyridine rings is 1. The van der Waals surface area contributed by atoms with Gasteiger partial charge in [-0.3, -0.25) is 0 Å². The quantitative estimate of drug-likeness (QED) is 0.743. The molecule has 0 amide bonds. The van der Waals surface area contributed by atoms with E-state index in [0.29, 0.717) is 5.65 Å². The first kappa shape index (κ1) is 8.04. The van der Waals surface area contributed by atoms with Crippen LogP contribution in [-0.2, 0) is 6.42 Å². The van der Waals surface area contributed by atoms with Gasteiger partial charge in [0.05, 0.1) is 0 Å². The van der Waals surface area contributed by atoms with E-state index in [1.165, 1.54) is 0 Å². The van der Waals surface area contributed by atoms with E-state index in [1.54, 1.807) is 4.40 Å². The summed E-state index contributed by atoms with van der Waals surface area (Å²) < 4.78 is 1.61. The smallest absolute Gasteiger partial charge is 0.247 e. The zero-order valence-corrected chi connectivity index (χ0v) is 7.45. The molecule has 2 heterocycles. The van der Waals surface area contributed by atoms with Crippen molar-refractivity contribution in [3.8, 4) is 0 Å². The molecule has 4 nitrogen and oxygen atoms in total. The van der Waals surface area contributed by atoms with E-state index in [9.17, 15) is 4.79 Å². The SMILES string of the molecule is CCCc1cccc2n[nH]c(=O)n12. The highest BCUT2D eigenvalue weighted by Crippen LogP contribution is 2.03. The van der Waals surface area contributed by atoms with Crippen LogP contribution < -0.4 is 5.69 Å². The van der Waals surface area contributed by atoms with Crippen LogP contribution in [0.5, 0.6) is 0 Å². The van der Waals surface area contributed by atoms with E-state index < -0.39 is 0 Å². The number of aryl methyl sites for hydroxylation is 1. The third-order valence-electron chi connectivity index (χ3n) is 2.03. The van der Waals surface area contributed by atoms with Gasteiger partial charge >= 0.3 is 5.69 Å². The molecule has 0 saturated carbocycles. The maximum atomic E-state index is 11.3. The van der Waals surface area contributed by atoms with Crippen LogP contribution >= 0.6 is 0 Å². The number of aromatic amines is 1. The van der Waals surface area contributed by atoms with Crippen molar-refractivity contribution >= 4 is 5.65 Å². The Bertz CT molecular complexity index is 469. The summed E-state index contributed by atoms with van der Waals surface area (Å²) in [4.78, 5) is 11.3. The lowest BCUT2D eigenvalue weighted by molar-refractivity contribution is 0.844. The normalized spacial score (nSPS) is 10.8. The van der Waals surface area contributed by atoms with Crippen molar-refractivity contribution in [3.05, 3.63) is 34.4 Å². The topological polar surface area (TPSA) is 50.2 Å². The molecule has 0 aliphatic carbocycles. The highest BCUT2D eigenvalue weighted by atomic mass is 16.1. The summed E-state index contributed by atoms with van der Waals surface area (Å²) in [5, 5.41) is 6.32. The molecule has 0 aromatic carbocycles. The Labute approximate surface area is 75.2 Å². The molecular weight excluding hydrogens is 166 g/mol. The Kier molecular flexibility index (Phi) is 1.88. The van der Waals surface area contributed by atoms with Crippen LogP contribution in [0.1, 0.15) is 19.0 Å². The van der Waals surface area contributed by atoms with Crippen molar-refractivity contribution in [2.75, 3.05) is 0 Å². The Morgan fingerprint density at radius 2 is 2.38 bits per heavy atom. The van der Waals surface area contributed by atoms with Gasteiger partial charge in [-0.05, 0) is 18.6 Å². The van der Waals surface area contributed by atoms with Gasteiger partial charge in [-0.1, -0.05) is 19.4 Å². The summed E-state index contributed by atoms with van der Waals surface area (Å²) in [6.07, 6.45) is 1.92. The molecule has 0 radical (unpaired) electrons. The molecule has 0 aliphatic rings. The average molecular weight is 177 g/mol. The number of rotatable bonds is 2. The minimum absolute atomic E-state index is 0.154. The van der Waals surface area contributed by atoms with Gasteiger partial charge in [0.2, 0.25) is 0 Å². The molecule has 2 rings (SSSR count). The highest BCUT2D eigenvalue weighted by Gasteiger charge is 2.02. The third-order valence-corrected chi connectivity index (χ3v) is 2.03. The van der Waals surface area contributed by atoms with E-state index in [4.69, 9.17) is 0 Å². The summed E-state index contributed by atoms with van der Waals surface area (Å²) in [5.41, 5.74) is 1.55. The minimum atomic E-state index is -0.154. The van der Waals surface area contributed by atoms with Gasteiger partial charge in [0.25, 0.3) is 0 Å². The molecule has 68 valence electrons. The van der Waals surface area contributed by atoms with Gasteiger partial charge in [-0.2, -0.15) is 5.10 Å². The van der Waals surface area contributed by atoms with Gasteiger partial charge < -0.3 is 0 Å². The predicted molar refractivity (Wildman–Crippen MR) is 49.8 cm³/mol. The Hall–Kier alpha value is -1.58. The van der Waals surface area contributed by atoms with E-state index >= 15 is 0 Å². The van der Waals surface area contributed by atoms with Crippen molar-refractivity contribution in [2.45, 2.75) is 19.8 Å². The summed E-state index contributed by atoms with van der Waals surface area (Å²) >= 11 is 0. The number of nitrogens with one attached hydrogen (secondary N) is 1. The van der Waals surface area contributed by atoms with Crippen LogP contribution in [0, 0.1) is 0 Å². The van der Waals surface area contributed by atoms with E-state index in [-0.39, 0.29) is 5.69 Å². The fourth-order valence-electron chi connectivity index (χ4n) is 1.47. The van der Waals surface area contributed by atoms with Crippen molar-refractivity contribution in [3.63, 3.8) is 0 Å². The van der Waals surface area contributed by atoms with Gasteiger partial charge in [0, 0.05) is 5.69 Å². The second-order valence-electron chi connectivity index (χ2n) is 2.99. The van der Waals surface area contributed by atoms with Gasteiger partial charge in [-0.15, -0.1) is 0 Å². The molecule has 4 heteroatoms. The summed E-state index contributed by atoms with van der Waals surface area (Å²) in [6.45, 7) is 2.09. The Morgan fingerprint density at radius 1 is 1.54 bits per heavy atom. The lowest BCUT2D eigenvalue weighted by atomic mass is 10.2. The average Bonchev–Trinajstić information content (AvgIpc) is 2.50. The number of H-pyrrole nitrogens is 1. The molecular formula is C9H11N3O. The second kappa shape index (κ2) is 3.05. The van der Waals surface area contributed by atoms with Crippen molar-refractivity contribution in [1.82, 2.24) is 14.6 Å². The molecule has 2 aromatic heterocycles. The van der Waals surface area contributed by atoms with Crippen LogP contribution in [0.4, 0.5) is 0 Å². The Morgan fingerprint density at radius 3 is 3.15 bits per heavy atom. The van der Waals surface area contributed by atoms with Gasteiger partial charge in [0.15, 0.2) is 5.65 Å². The minimum Gasteiger partial charge on any atom is -0.247 e. The number of hydrogen-bond donors (Lipinski definition) is 1. The maximum absolute atomic E-state index is 11.3. The molecule has 0 aliphatic heterocycles. The largest absolute Gasteiger partial charge is 0.347 e. The molecule has 0 atom stereocenters.